The van der Waals surface area contributed by atoms with Crippen molar-refractivity contribution in [2.24, 2.45) is 5.92 Å². The molecule has 0 radical (unpaired) electrons. The lowest BCUT2D eigenvalue weighted by Crippen LogP contribution is -2.32. The SMILES string of the molecule is CC(C)C(=O)OCC1=C[C@@H](O)C(n2ccc(N)nc2=O)O1. The van der Waals surface area contributed by atoms with Gasteiger partial charge in [0.05, 0.1) is 5.92 Å². The third-order valence-corrected chi connectivity index (χ3v) is 2.87. The van der Waals surface area contributed by atoms with E-state index in [9.17, 15) is 14.7 Å². The predicted octanol–water partition coefficient (Wildman–Crippen LogP) is -0.202. The molecule has 2 atom stereocenters. The van der Waals surface area contributed by atoms with Gasteiger partial charge in [0.2, 0.25) is 6.23 Å². The van der Waals surface area contributed by atoms with E-state index in [-0.39, 0.29) is 30.1 Å². The van der Waals surface area contributed by atoms with E-state index in [4.69, 9.17) is 15.2 Å². The third kappa shape index (κ3) is 3.40. The maximum atomic E-state index is 11.7. The van der Waals surface area contributed by atoms with E-state index >= 15 is 0 Å². The quantitative estimate of drug-likeness (QED) is 0.738. The van der Waals surface area contributed by atoms with E-state index in [1.807, 2.05) is 0 Å². The Balaban J connectivity index is 2.04. The minimum Gasteiger partial charge on any atom is -0.468 e. The van der Waals surface area contributed by atoms with E-state index in [1.165, 1.54) is 18.3 Å². The van der Waals surface area contributed by atoms with Gasteiger partial charge in [-0.3, -0.25) is 9.36 Å². The molecule has 0 fully saturated rings. The number of rotatable bonds is 4. The van der Waals surface area contributed by atoms with Crippen LogP contribution in [0, 0.1) is 5.92 Å². The van der Waals surface area contributed by atoms with Crippen molar-refractivity contribution in [3.63, 3.8) is 0 Å². The Kier molecular flexibility index (Phi) is 4.27. The van der Waals surface area contributed by atoms with Crippen LogP contribution in [0.2, 0.25) is 0 Å². The zero-order valence-electron chi connectivity index (χ0n) is 11.7. The average Bonchev–Trinajstić information content (AvgIpc) is 2.77. The van der Waals surface area contributed by atoms with Crippen molar-refractivity contribution in [3.05, 3.63) is 34.6 Å². The zero-order valence-corrected chi connectivity index (χ0v) is 11.7. The molecule has 0 saturated carbocycles. The topological polar surface area (TPSA) is 117 Å². The van der Waals surface area contributed by atoms with Crippen LogP contribution in [-0.2, 0) is 14.3 Å². The van der Waals surface area contributed by atoms with Crippen LogP contribution >= 0.6 is 0 Å². The van der Waals surface area contributed by atoms with E-state index in [0.717, 1.165) is 4.57 Å². The van der Waals surface area contributed by atoms with Gasteiger partial charge < -0.3 is 20.3 Å². The Morgan fingerprint density at radius 3 is 2.95 bits per heavy atom. The molecule has 0 aromatic carbocycles. The molecule has 114 valence electrons. The highest BCUT2D eigenvalue weighted by atomic mass is 16.6. The number of ether oxygens (including phenoxy) is 2. The summed E-state index contributed by atoms with van der Waals surface area (Å²) in [5, 5.41) is 9.92. The molecule has 2 rings (SSSR count). The molecule has 3 N–H and O–H groups in total. The summed E-state index contributed by atoms with van der Waals surface area (Å²) in [4.78, 5) is 26.6. The van der Waals surface area contributed by atoms with E-state index in [1.54, 1.807) is 13.8 Å². The normalized spacial score (nSPS) is 21.0. The summed E-state index contributed by atoms with van der Waals surface area (Å²) in [5.74, 6) is -0.256. The number of nitrogens with zero attached hydrogens (tertiary/aromatic N) is 2. The molecule has 0 amide bonds. The highest BCUT2D eigenvalue weighted by Crippen LogP contribution is 2.25. The lowest BCUT2D eigenvalue weighted by atomic mass is 10.2. The summed E-state index contributed by atoms with van der Waals surface area (Å²) in [7, 11) is 0. The highest BCUT2D eigenvalue weighted by molar-refractivity contribution is 5.71. The fourth-order valence-corrected chi connectivity index (χ4v) is 1.77. The molecule has 1 aromatic heterocycles. The van der Waals surface area contributed by atoms with Gasteiger partial charge >= 0.3 is 11.7 Å². The van der Waals surface area contributed by atoms with Crippen LogP contribution in [0.15, 0.2) is 28.9 Å². The molecule has 1 unspecified atom stereocenters. The predicted molar refractivity (Wildman–Crippen MR) is 72.9 cm³/mol. The van der Waals surface area contributed by atoms with Gasteiger partial charge in [-0.15, -0.1) is 0 Å². The van der Waals surface area contributed by atoms with Gasteiger partial charge in [0.25, 0.3) is 0 Å². The fraction of sp³-hybridized carbons (Fsp3) is 0.462. The number of nitrogens with two attached hydrogens (primary N) is 1. The highest BCUT2D eigenvalue weighted by Gasteiger charge is 2.30. The first-order chi connectivity index (χ1) is 9.88. The third-order valence-electron chi connectivity index (χ3n) is 2.87. The molecule has 0 bridgehead atoms. The number of hydrogen-bond donors (Lipinski definition) is 2. The average molecular weight is 295 g/mol. The van der Waals surface area contributed by atoms with Gasteiger partial charge in [-0.05, 0) is 12.1 Å². The molecule has 0 saturated heterocycles. The van der Waals surface area contributed by atoms with Crippen LogP contribution in [0.5, 0.6) is 0 Å². The largest absolute Gasteiger partial charge is 0.468 e. The summed E-state index contributed by atoms with van der Waals surface area (Å²) in [6, 6.07) is 1.42. The molecule has 21 heavy (non-hydrogen) atoms. The maximum absolute atomic E-state index is 11.7. The molecular weight excluding hydrogens is 278 g/mol. The van der Waals surface area contributed by atoms with E-state index in [2.05, 4.69) is 4.98 Å². The molecule has 8 heteroatoms. The molecular formula is C13H17N3O5. The van der Waals surface area contributed by atoms with Crippen LogP contribution in [0.25, 0.3) is 0 Å². The Morgan fingerprint density at radius 2 is 2.33 bits per heavy atom. The van der Waals surface area contributed by atoms with Crippen molar-refractivity contribution >= 4 is 11.8 Å². The fourth-order valence-electron chi connectivity index (χ4n) is 1.77. The maximum Gasteiger partial charge on any atom is 0.352 e. The van der Waals surface area contributed by atoms with Gasteiger partial charge in [-0.1, -0.05) is 13.8 Å². The summed E-state index contributed by atoms with van der Waals surface area (Å²) in [6.45, 7) is 3.33. The van der Waals surface area contributed by atoms with Crippen molar-refractivity contribution in [3.8, 4) is 0 Å². The Morgan fingerprint density at radius 1 is 1.62 bits per heavy atom. The second kappa shape index (κ2) is 5.96. The smallest absolute Gasteiger partial charge is 0.352 e. The van der Waals surface area contributed by atoms with Crippen molar-refractivity contribution < 1.29 is 19.4 Å². The number of esters is 1. The van der Waals surface area contributed by atoms with Gasteiger partial charge in [-0.2, -0.15) is 4.98 Å². The molecule has 1 aliphatic rings. The number of aliphatic hydroxyl groups excluding tert-OH is 1. The summed E-state index contributed by atoms with van der Waals surface area (Å²) in [6.07, 6.45) is 0.788. The molecule has 8 nitrogen and oxygen atoms in total. The van der Waals surface area contributed by atoms with Crippen LogP contribution in [0.4, 0.5) is 5.82 Å². The number of carbonyl (C=O) groups excluding carboxylic acids is 1. The van der Waals surface area contributed by atoms with Gasteiger partial charge in [0, 0.05) is 6.20 Å². The Bertz CT molecular complexity index is 622. The number of carbonyl (C=O) groups is 1. The van der Waals surface area contributed by atoms with E-state index in [0.29, 0.717) is 0 Å². The van der Waals surface area contributed by atoms with Gasteiger partial charge in [0.15, 0.2) is 0 Å². The molecule has 0 spiro atoms. The zero-order chi connectivity index (χ0) is 15.6. The number of anilines is 1. The Labute approximate surface area is 120 Å². The summed E-state index contributed by atoms with van der Waals surface area (Å²) in [5.41, 5.74) is 4.77. The summed E-state index contributed by atoms with van der Waals surface area (Å²) >= 11 is 0. The monoisotopic (exact) mass is 295 g/mol. The van der Waals surface area contributed by atoms with Crippen molar-refractivity contribution in [2.45, 2.75) is 26.2 Å². The lowest BCUT2D eigenvalue weighted by molar-refractivity contribution is -0.147. The second-order valence-corrected chi connectivity index (χ2v) is 4.94. The van der Waals surface area contributed by atoms with Crippen molar-refractivity contribution in [2.75, 3.05) is 12.3 Å². The number of aromatic nitrogens is 2. The summed E-state index contributed by atoms with van der Waals surface area (Å²) < 4.78 is 11.5. The standard InChI is InChI=1S/C13H17N3O5/c1-7(2)12(18)20-6-8-5-9(17)11(21-8)16-4-3-10(14)15-13(16)19/h3-5,7,9,11,17H,6H2,1-2H3,(H2,14,15,19)/t9-,11?/m1/s1. The van der Waals surface area contributed by atoms with Crippen LogP contribution in [-0.4, -0.2) is 33.3 Å². The van der Waals surface area contributed by atoms with Crippen LogP contribution in [0.3, 0.4) is 0 Å². The Hall–Kier alpha value is -2.35. The number of nitrogen functional groups attached to an aromatic ring is 1. The van der Waals surface area contributed by atoms with Crippen molar-refractivity contribution in [1.29, 1.82) is 0 Å². The van der Waals surface area contributed by atoms with Crippen molar-refractivity contribution in [1.82, 2.24) is 9.55 Å². The molecule has 2 heterocycles. The van der Waals surface area contributed by atoms with Gasteiger partial charge in [0.1, 0.15) is 24.3 Å². The molecule has 1 aromatic rings. The minimum absolute atomic E-state index is 0.0859. The second-order valence-electron chi connectivity index (χ2n) is 4.94. The van der Waals surface area contributed by atoms with Crippen LogP contribution in [0.1, 0.15) is 20.1 Å². The first-order valence-corrected chi connectivity index (χ1v) is 6.45. The number of hydrogen-bond acceptors (Lipinski definition) is 7. The number of aliphatic hydroxyl groups is 1. The first kappa shape index (κ1) is 15.0. The first-order valence-electron chi connectivity index (χ1n) is 6.45. The molecule has 0 aliphatic carbocycles. The minimum atomic E-state index is -1.04. The van der Waals surface area contributed by atoms with E-state index < -0.39 is 18.0 Å². The van der Waals surface area contributed by atoms with Gasteiger partial charge in [-0.25, -0.2) is 4.79 Å². The van der Waals surface area contributed by atoms with Crippen LogP contribution < -0.4 is 11.4 Å². The lowest BCUT2D eigenvalue weighted by Gasteiger charge is -2.18. The molecule has 1 aliphatic heterocycles.